The summed E-state index contributed by atoms with van der Waals surface area (Å²) in [4.78, 5) is 25.9. The average Bonchev–Trinajstić information content (AvgIpc) is 2.70. The van der Waals surface area contributed by atoms with Crippen molar-refractivity contribution in [3.05, 3.63) is 65.2 Å². The molecule has 1 amide bonds. The monoisotopic (exact) mass is 427 g/mol. The van der Waals surface area contributed by atoms with Crippen molar-refractivity contribution >= 4 is 17.6 Å². The van der Waals surface area contributed by atoms with Crippen molar-refractivity contribution in [2.24, 2.45) is 5.92 Å². The van der Waals surface area contributed by atoms with Gasteiger partial charge >= 0.3 is 18.1 Å². The molecule has 0 saturated heterocycles. The highest BCUT2D eigenvalue weighted by molar-refractivity contribution is 6.02. The molecule has 0 bridgehead atoms. The van der Waals surface area contributed by atoms with Crippen LogP contribution in [0, 0.1) is 5.92 Å². The molecule has 2 aromatic carbocycles. The molecule has 2 unspecified atom stereocenters. The smallest absolute Gasteiger partial charge is 0.416 e. The molecular weight excluding hydrogens is 409 g/mol. The maximum absolute atomic E-state index is 15.1. The van der Waals surface area contributed by atoms with Gasteiger partial charge in [-0.25, -0.2) is 4.79 Å². The van der Waals surface area contributed by atoms with Crippen molar-refractivity contribution in [1.82, 2.24) is 0 Å². The SMILES string of the molecule is CCOC(=O)C(F)(F)C1C(=O)N(C)c2ccccc2C1c1ccc(C(F)(F)F)cc1. The summed E-state index contributed by atoms with van der Waals surface area (Å²) in [5.74, 6) is -10.6. The molecule has 0 aromatic heterocycles. The number of anilines is 1. The lowest BCUT2D eigenvalue weighted by atomic mass is 9.73. The third-order valence-corrected chi connectivity index (χ3v) is 5.10. The van der Waals surface area contributed by atoms with Gasteiger partial charge in [0, 0.05) is 18.7 Å². The van der Waals surface area contributed by atoms with Gasteiger partial charge in [-0.3, -0.25) is 4.79 Å². The maximum atomic E-state index is 15.1. The molecule has 1 aliphatic heterocycles. The third kappa shape index (κ3) is 3.64. The number of hydrogen-bond acceptors (Lipinski definition) is 3. The minimum absolute atomic E-state index is 0.0610. The number of fused-ring (bicyclic) bond motifs is 1. The van der Waals surface area contributed by atoms with E-state index in [1.807, 2.05) is 0 Å². The van der Waals surface area contributed by atoms with Crippen LogP contribution in [-0.2, 0) is 20.5 Å². The Hall–Kier alpha value is -2.97. The Labute approximate surface area is 169 Å². The lowest BCUT2D eigenvalue weighted by Gasteiger charge is -2.40. The van der Waals surface area contributed by atoms with E-state index in [1.165, 1.54) is 20.0 Å². The Morgan fingerprint density at radius 3 is 2.20 bits per heavy atom. The van der Waals surface area contributed by atoms with E-state index in [1.54, 1.807) is 18.2 Å². The topological polar surface area (TPSA) is 46.6 Å². The van der Waals surface area contributed by atoms with Crippen LogP contribution in [0.1, 0.15) is 29.5 Å². The molecule has 30 heavy (non-hydrogen) atoms. The minimum Gasteiger partial charge on any atom is -0.462 e. The molecule has 0 N–H and O–H groups in total. The molecular formula is C21H18F5NO3. The highest BCUT2D eigenvalue weighted by Crippen LogP contribution is 2.49. The predicted molar refractivity (Wildman–Crippen MR) is 98.2 cm³/mol. The van der Waals surface area contributed by atoms with Crippen LogP contribution in [0.2, 0.25) is 0 Å². The van der Waals surface area contributed by atoms with E-state index in [4.69, 9.17) is 0 Å². The number of carbonyl (C=O) groups is 2. The van der Waals surface area contributed by atoms with E-state index in [0.717, 1.165) is 29.2 Å². The molecule has 160 valence electrons. The molecule has 2 aromatic rings. The van der Waals surface area contributed by atoms with Gasteiger partial charge in [-0.2, -0.15) is 22.0 Å². The Balaban J connectivity index is 2.19. The van der Waals surface area contributed by atoms with Gasteiger partial charge in [0.05, 0.1) is 12.2 Å². The fourth-order valence-electron chi connectivity index (χ4n) is 3.68. The molecule has 0 fully saturated rings. The zero-order chi connectivity index (χ0) is 22.3. The molecule has 3 rings (SSSR count). The second-order valence-corrected chi connectivity index (χ2v) is 6.87. The van der Waals surface area contributed by atoms with E-state index >= 15 is 8.78 Å². The number of amides is 1. The van der Waals surface area contributed by atoms with Crippen LogP contribution >= 0.6 is 0 Å². The highest BCUT2D eigenvalue weighted by atomic mass is 19.4. The van der Waals surface area contributed by atoms with Crippen LogP contribution < -0.4 is 4.90 Å². The van der Waals surface area contributed by atoms with Gasteiger partial charge in [-0.1, -0.05) is 30.3 Å². The standard InChI is InChI=1S/C21H18F5NO3/c1-3-30-19(29)20(22,23)17-16(12-8-10-13(11-9-12)21(24,25)26)14-6-4-5-7-15(14)27(2)18(17)28/h4-11,16-17H,3H2,1-2H3. The van der Waals surface area contributed by atoms with E-state index in [9.17, 15) is 22.8 Å². The number of carbonyl (C=O) groups excluding carboxylic acids is 2. The van der Waals surface area contributed by atoms with Gasteiger partial charge < -0.3 is 9.64 Å². The van der Waals surface area contributed by atoms with Crippen LogP contribution in [0.3, 0.4) is 0 Å². The van der Waals surface area contributed by atoms with Crippen LogP contribution in [0.15, 0.2) is 48.5 Å². The summed E-state index contributed by atoms with van der Waals surface area (Å²) in [7, 11) is 1.30. The van der Waals surface area contributed by atoms with Crippen molar-refractivity contribution in [3.63, 3.8) is 0 Å². The molecule has 1 aliphatic rings. The summed E-state index contributed by atoms with van der Waals surface area (Å²) in [5.41, 5.74) is -0.255. The number of benzene rings is 2. The first-order valence-electron chi connectivity index (χ1n) is 9.08. The minimum atomic E-state index is -4.60. The summed E-state index contributed by atoms with van der Waals surface area (Å²) in [5, 5.41) is 0. The summed E-state index contributed by atoms with van der Waals surface area (Å²) >= 11 is 0. The Bertz CT molecular complexity index is 956. The molecule has 0 saturated carbocycles. The fourth-order valence-corrected chi connectivity index (χ4v) is 3.68. The largest absolute Gasteiger partial charge is 0.462 e. The number of ether oxygens (including phenoxy) is 1. The van der Waals surface area contributed by atoms with Crippen molar-refractivity contribution < 1.29 is 36.3 Å². The number of alkyl halides is 5. The normalized spacial score (nSPS) is 19.4. The Morgan fingerprint density at radius 2 is 1.63 bits per heavy atom. The second-order valence-electron chi connectivity index (χ2n) is 6.87. The zero-order valence-corrected chi connectivity index (χ0v) is 16.0. The first-order chi connectivity index (χ1) is 14.0. The van der Waals surface area contributed by atoms with Crippen LogP contribution in [0.4, 0.5) is 27.6 Å². The lowest BCUT2D eigenvalue weighted by molar-refractivity contribution is -0.183. The molecule has 0 spiro atoms. The Kier molecular flexibility index (Phi) is 5.58. The molecule has 0 aliphatic carbocycles. The zero-order valence-electron chi connectivity index (χ0n) is 16.0. The summed E-state index contributed by atoms with van der Waals surface area (Å²) in [6.45, 7) is 1.04. The van der Waals surface area contributed by atoms with Gasteiger partial charge in [0.15, 0.2) is 0 Å². The van der Waals surface area contributed by atoms with Crippen LogP contribution in [0.5, 0.6) is 0 Å². The van der Waals surface area contributed by atoms with E-state index in [2.05, 4.69) is 4.74 Å². The number of halogens is 5. The molecule has 4 nitrogen and oxygen atoms in total. The maximum Gasteiger partial charge on any atom is 0.416 e. The molecule has 0 radical (unpaired) electrons. The predicted octanol–water partition coefficient (Wildman–Crippen LogP) is 4.63. The lowest BCUT2D eigenvalue weighted by Crippen LogP contribution is -2.53. The van der Waals surface area contributed by atoms with Gasteiger partial charge in [0.2, 0.25) is 5.91 Å². The molecule has 2 atom stereocenters. The molecule has 9 heteroatoms. The first-order valence-corrected chi connectivity index (χ1v) is 9.08. The second kappa shape index (κ2) is 7.70. The highest BCUT2D eigenvalue weighted by Gasteiger charge is 2.59. The van der Waals surface area contributed by atoms with Gasteiger partial charge in [-0.05, 0) is 36.2 Å². The van der Waals surface area contributed by atoms with Crippen LogP contribution in [-0.4, -0.2) is 31.5 Å². The number of para-hydroxylation sites is 1. The number of hydrogen-bond donors (Lipinski definition) is 0. The van der Waals surface area contributed by atoms with E-state index < -0.39 is 41.4 Å². The van der Waals surface area contributed by atoms with Crippen LogP contribution in [0.25, 0.3) is 0 Å². The number of nitrogens with zero attached hydrogens (tertiary/aromatic N) is 1. The first kappa shape index (κ1) is 21.7. The van der Waals surface area contributed by atoms with E-state index in [0.29, 0.717) is 11.3 Å². The van der Waals surface area contributed by atoms with E-state index in [-0.39, 0.29) is 12.2 Å². The number of esters is 1. The molecule has 1 heterocycles. The quantitative estimate of drug-likeness (QED) is 0.528. The van der Waals surface area contributed by atoms with Gasteiger partial charge in [-0.15, -0.1) is 0 Å². The van der Waals surface area contributed by atoms with Crippen molar-refractivity contribution in [2.75, 3.05) is 18.6 Å². The summed E-state index contributed by atoms with van der Waals surface area (Å²) in [6, 6.07) is 9.86. The fraction of sp³-hybridized carbons (Fsp3) is 0.333. The summed E-state index contributed by atoms with van der Waals surface area (Å²) in [6.07, 6.45) is -4.60. The third-order valence-electron chi connectivity index (χ3n) is 5.10. The summed E-state index contributed by atoms with van der Waals surface area (Å²) < 4.78 is 73.5. The van der Waals surface area contributed by atoms with Gasteiger partial charge in [0.25, 0.3) is 0 Å². The Morgan fingerprint density at radius 1 is 1.03 bits per heavy atom. The number of rotatable bonds is 4. The van der Waals surface area contributed by atoms with Crippen molar-refractivity contribution in [3.8, 4) is 0 Å². The van der Waals surface area contributed by atoms with Crippen molar-refractivity contribution in [2.45, 2.75) is 24.9 Å². The van der Waals surface area contributed by atoms with Crippen molar-refractivity contribution in [1.29, 1.82) is 0 Å². The van der Waals surface area contributed by atoms with Gasteiger partial charge in [0.1, 0.15) is 5.92 Å². The average molecular weight is 427 g/mol.